The number of hydrogen-bond donors (Lipinski definition) is 3. The third kappa shape index (κ3) is 2.03. The topological polar surface area (TPSA) is 110 Å². The smallest absolute Gasteiger partial charge is 0.183 e. The number of nitrogens with one attached hydrogen (secondary N) is 1. The van der Waals surface area contributed by atoms with E-state index in [-0.39, 0.29) is 19.8 Å². The highest BCUT2D eigenvalue weighted by atomic mass is 16.5. The van der Waals surface area contributed by atoms with Crippen molar-refractivity contribution >= 4 is 17.0 Å². The molecule has 15 heavy (non-hydrogen) atoms. The fourth-order valence-electron chi connectivity index (χ4n) is 1.20. The van der Waals surface area contributed by atoms with E-state index in [0.717, 1.165) is 0 Å². The van der Waals surface area contributed by atoms with E-state index in [0.29, 0.717) is 22.8 Å². The second-order valence-corrected chi connectivity index (χ2v) is 2.90. The summed E-state index contributed by atoms with van der Waals surface area (Å²) in [6.45, 7) is 0.440. The SMILES string of the molecule is Nc1nc(COCCO)nc2nc[nH]c12. The van der Waals surface area contributed by atoms with Crippen LogP contribution in [0, 0.1) is 0 Å². The molecule has 0 fully saturated rings. The largest absolute Gasteiger partial charge is 0.394 e. The first-order chi connectivity index (χ1) is 7.31. The van der Waals surface area contributed by atoms with E-state index < -0.39 is 0 Å². The van der Waals surface area contributed by atoms with E-state index in [4.69, 9.17) is 15.6 Å². The van der Waals surface area contributed by atoms with Gasteiger partial charge in [-0.15, -0.1) is 0 Å². The fourth-order valence-corrected chi connectivity index (χ4v) is 1.20. The number of aromatic nitrogens is 4. The first-order valence-electron chi connectivity index (χ1n) is 4.45. The lowest BCUT2D eigenvalue weighted by Gasteiger charge is -2.02. The van der Waals surface area contributed by atoms with Gasteiger partial charge in [0.25, 0.3) is 0 Å². The Kier molecular flexibility index (Phi) is 2.75. The molecule has 0 spiro atoms. The van der Waals surface area contributed by atoms with Crippen molar-refractivity contribution in [2.45, 2.75) is 6.61 Å². The van der Waals surface area contributed by atoms with E-state index in [1.54, 1.807) is 0 Å². The number of fused-ring (bicyclic) bond motifs is 1. The van der Waals surface area contributed by atoms with Gasteiger partial charge < -0.3 is 20.6 Å². The molecule has 4 N–H and O–H groups in total. The van der Waals surface area contributed by atoms with Gasteiger partial charge in [-0.1, -0.05) is 0 Å². The predicted octanol–water partition coefficient (Wildman–Crippen LogP) is -0.556. The van der Waals surface area contributed by atoms with Gasteiger partial charge in [0.05, 0.1) is 19.5 Å². The van der Waals surface area contributed by atoms with Crippen LogP contribution in [0.4, 0.5) is 5.82 Å². The number of H-pyrrole nitrogens is 1. The normalized spacial score (nSPS) is 11.0. The van der Waals surface area contributed by atoms with Gasteiger partial charge in [-0.05, 0) is 0 Å². The van der Waals surface area contributed by atoms with E-state index in [1.165, 1.54) is 6.33 Å². The number of aromatic amines is 1. The van der Waals surface area contributed by atoms with Crippen molar-refractivity contribution in [1.29, 1.82) is 0 Å². The molecule has 0 aliphatic rings. The van der Waals surface area contributed by atoms with E-state index in [1.807, 2.05) is 0 Å². The summed E-state index contributed by atoms with van der Waals surface area (Å²) in [6, 6.07) is 0. The summed E-state index contributed by atoms with van der Waals surface area (Å²) in [6.07, 6.45) is 1.51. The molecule has 0 unspecified atom stereocenters. The Balaban J connectivity index is 2.21. The van der Waals surface area contributed by atoms with Gasteiger partial charge in [-0.2, -0.15) is 0 Å². The lowest BCUT2D eigenvalue weighted by molar-refractivity contribution is 0.0779. The van der Waals surface area contributed by atoms with Crippen LogP contribution in [-0.4, -0.2) is 38.3 Å². The Bertz CT molecular complexity index is 455. The summed E-state index contributed by atoms with van der Waals surface area (Å²) in [5.74, 6) is 0.806. The molecule has 0 atom stereocenters. The van der Waals surface area contributed by atoms with Crippen LogP contribution in [0.25, 0.3) is 11.2 Å². The molecule has 0 aliphatic heterocycles. The van der Waals surface area contributed by atoms with Crippen molar-refractivity contribution in [3.05, 3.63) is 12.2 Å². The van der Waals surface area contributed by atoms with Gasteiger partial charge in [0.15, 0.2) is 17.3 Å². The van der Waals surface area contributed by atoms with Gasteiger partial charge in [0, 0.05) is 0 Å². The highest BCUT2D eigenvalue weighted by Crippen LogP contribution is 2.12. The van der Waals surface area contributed by atoms with Crippen LogP contribution < -0.4 is 5.73 Å². The maximum atomic E-state index is 8.53. The molecule has 2 rings (SSSR count). The van der Waals surface area contributed by atoms with Gasteiger partial charge in [-0.3, -0.25) is 0 Å². The first kappa shape index (κ1) is 9.81. The summed E-state index contributed by atoms with van der Waals surface area (Å²) >= 11 is 0. The summed E-state index contributed by atoms with van der Waals surface area (Å²) in [5.41, 5.74) is 6.82. The Morgan fingerprint density at radius 2 is 2.33 bits per heavy atom. The Morgan fingerprint density at radius 1 is 1.47 bits per heavy atom. The number of aliphatic hydroxyl groups is 1. The van der Waals surface area contributed by atoms with E-state index in [2.05, 4.69) is 19.9 Å². The highest BCUT2D eigenvalue weighted by Gasteiger charge is 2.06. The number of nitrogens with zero attached hydrogens (tertiary/aromatic N) is 3. The van der Waals surface area contributed by atoms with Crippen LogP contribution in [0.2, 0.25) is 0 Å². The zero-order valence-electron chi connectivity index (χ0n) is 7.97. The van der Waals surface area contributed by atoms with Gasteiger partial charge >= 0.3 is 0 Å². The molecular weight excluding hydrogens is 198 g/mol. The predicted molar refractivity (Wildman–Crippen MR) is 52.8 cm³/mol. The van der Waals surface area contributed by atoms with Crippen LogP contribution >= 0.6 is 0 Å². The molecule has 0 bridgehead atoms. The second kappa shape index (κ2) is 4.20. The maximum absolute atomic E-state index is 8.53. The third-order valence-corrected chi connectivity index (χ3v) is 1.83. The number of aliphatic hydroxyl groups excluding tert-OH is 1. The fraction of sp³-hybridized carbons (Fsp3) is 0.375. The summed E-state index contributed by atoms with van der Waals surface area (Å²) in [5, 5.41) is 8.53. The summed E-state index contributed by atoms with van der Waals surface area (Å²) < 4.78 is 5.08. The van der Waals surface area contributed by atoms with E-state index in [9.17, 15) is 0 Å². The molecule has 0 aromatic carbocycles. The molecule has 0 radical (unpaired) electrons. The molecule has 7 heteroatoms. The molecule has 0 amide bonds. The standard InChI is InChI=1S/C8H11N5O2/c9-7-6-8(11-4-10-6)13-5(12-7)3-15-2-1-14/h4,14H,1-3H2,(H3,9,10,11,12,13). The summed E-state index contributed by atoms with van der Waals surface area (Å²) in [7, 11) is 0. The molecule has 2 aromatic heterocycles. The number of rotatable bonds is 4. The minimum Gasteiger partial charge on any atom is -0.394 e. The Morgan fingerprint density at radius 3 is 3.13 bits per heavy atom. The van der Waals surface area contributed by atoms with Crippen LogP contribution in [0.1, 0.15) is 5.82 Å². The molecule has 0 saturated carbocycles. The first-order valence-corrected chi connectivity index (χ1v) is 4.45. The van der Waals surface area contributed by atoms with Crippen molar-refractivity contribution in [2.24, 2.45) is 0 Å². The van der Waals surface area contributed by atoms with Crippen molar-refractivity contribution in [3.63, 3.8) is 0 Å². The number of hydrogen-bond acceptors (Lipinski definition) is 6. The maximum Gasteiger partial charge on any atom is 0.183 e. The van der Waals surface area contributed by atoms with Crippen LogP contribution in [-0.2, 0) is 11.3 Å². The van der Waals surface area contributed by atoms with Crippen LogP contribution in [0.15, 0.2) is 6.33 Å². The van der Waals surface area contributed by atoms with Crippen molar-refractivity contribution in [1.82, 2.24) is 19.9 Å². The van der Waals surface area contributed by atoms with Crippen LogP contribution in [0.3, 0.4) is 0 Å². The minimum absolute atomic E-state index is 0.0276. The number of ether oxygens (including phenoxy) is 1. The average molecular weight is 209 g/mol. The quantitative estimate of drug-likeness (QED) is 0.582. The molecule has 2 aromatic rings. The lowest BCUT2D eigenvalue weighted by Crippen LogP contribution is -2.05. The molecule has 80 valence electrons. The third-order valence-electron chi connectivity index (χ3n) is 1.83. The van der Waals surface area contributed by atoms with Gasteiger partial charge in [0.1, 0.15) is 12.1 Å². The molecule has 0 saturated heterocycles. The molecule has 2 heterocycles. The van der Waals surface area contributed by atoms with Crippen LogP contribution in [0.5, 0.6) is 0 Å². The zero-order valence-corrected chi connectivity index (χ0v) is 7.97. The monoisotopic (exact) mass is 209 g/mol. The average Bonchev–Trinajstić information content (AvgIpc) is 2.66. The Labute approximate surface area is 85.3 Å². The number of imidazole rings is 1. The van der Waals surface area contributed by atoms with Crippen molar-refractivity contribution in [3.8, 4) is 0 Å². The minimum atomic E-state index is -0.0276. The molecular formula is C8H11N5O2. The zero-order chi connectivity index (χ0) is 10.7. The number of anilines is 1. The highest BCUT2D eigenvalue weighted by molar-refractivity contribution is 5.80. The second-order valence-electron chi connectivity index (χ2n) is 2.90. The number of nitrogens with two attached hydrogens (primary N) is 1. The van der Waals surface area contributed by atoms with Gasteiger partial charge in [0.2, 0.25) is 0 Å². The number of nitrogen functional groups attached to an aromatic ring is 1. The Hall–Kier alpha value is -1.73. The molecule has 0 aliphatic carbocycles. The van der Waals surface area contributed by atoms with Crippen molar-refractivity contribution in [2.75, 3.05) is 18.9 Å². The lowest BCUT2D eigenvalue weighted by atomic mass is 10.5. The summed E-state index contributed by atoms with van der Waals surface area (Å²) in [4.78, 5) is 15.0. The van der Waals surface area contributed by atoms with Crippen molar-refractivity contribution < 1.29 is 9.84 Å². The van der Waals surface area contributed by atoms with Gasteiger partial charge in [-0.25, -0.2) is 15.0 Å². The van der Waals surface area contributed by atoms with E-state index >= 15 is 0 Å². The molecule has 7 nitrogen and oxygen atoms in total.